The molecule has 2 saturated carbocycles. The third-order valence-electron chi connectivity index (χ3n) is 5.09. The summed E-state index contributed by atoms with van der Waals surface area (Å²) >= 11 is 0. The highest BCUT2D eigenvalue weighted by Crippen LogP contribution is 2.24. The van der Waals surface area contributed by atoms with Crippen LogP contribution in [0.2, 0.25) is 0 Å². The first-order chi connectivity index (χ1) is 11.2. The summed E-state index contributed by atoms with van der Waals surface area (Å²) in [5.74, 6) is 0.586. The zero-order valence-electron chi connectivity index (χ0n) is 14.7. The van der Waals surface area contributed by atoms with Gasteiger partial charge in [-0.05, 0) is 43.9 Å². The molecule has 5 heteroatoms. The summed E-state index contributed by atoms with van der Waals surface area (Å²) in [6.07, 6.45) is 9.29. The summed E-state index contributed by atoms with van der Waals surface area (Å²) < 4.78 is 0. The van der Waals surface area contributed by atoms with Crippen LogP contribution in [0.1, 0.15) is 56.1 Å². The molecule has 2 fully saturated rings. The minimum atomic E-state index is 0. The second kappa shape index (κ2) is 9.61. The molecule has 0 spiro atoms. The maximum atomic E-state index is 5.96. The van der Waals surface area contributed by atoms with Crippen LogP contribution in [0.5, 0.6) is 0 Å². The van der Waals surface area contributed by atoms with E-state index in [1.165, 1.54) is 56.1 Å². The molecule has 0 amide bonds. The predicted molar refractivity (Wildman–Crippen MR) is 112 cm³/mol. The number of nitrogens with two attached hydrogens (primary N) is 1. The van der Waals surface area contributed by atoms with Crippen molar-refractivity contribution in [2.24, 2.45) is 10.7 Å². The molecular formula is C19H31IN4. The van der Waals surface area contributed by atoms with Crippen molar-refractivity contribution in [1.82, 2.24) is 10.2 Å². The van der Waals surface area contributed by atoms with Gasteiger partial charge in [0.15, 0.2) is 5.96 Å². The van der Waals surface area contributed by atoms with Gasteiger partial charge in [0, 0.05) is 18.6 Å². The van der Waals surface area contributed by atoms with Gasteiger partial charge in [-0.15, -0.1) is 24.0 Å². The van der Waals surface area contributed by atoms with E-state index >= 15 is 0 Å². The van der Waals surface area contributed by atoms with E-state index in [1.807, 2.05) is 0 Å². The van der Waals surface area contributed by atoms with Crippen LogP contribution in [0.15, 0.2) is 29.3 Å². The molecule has 0 heterocycles. The highest BCUT2D eigenvalue weighted by Gasteiger charge is 2.21. The van der Waals surface area contributed by atoms with Crippen LogP contribution in [0.25, 0.3) is 0 Å². The van der Waals surface area contributed by atoms with E-state index in [2.05, 4.69) is 46.5 Å². The molecule has 134 valence electrons. The fourth-order valence-corrected chi connectivity index (χ4v) is 3.44. The second-order valence-corrected chi connectivity index (χ2v) is 7.10. The molecule has 2 aliphatic rings. The number of hydrogen-bond donors (Lipinski definition) is 2. The topological polar surface area (TPSA) is 53.6 Å². The summed E-state index contributed by atoms with van der Waals surface area (Å²) in [4.78, 5) is 7.04. The van der Waals surface area contributed by atoms with Crippen LogP contribution < -0.4 is 11.1 Å². The molecule has 0 atom stereocenters. The van der Waals surface area contributed by atoms with Crippen LogP contribution in [-0.4, -0.2) is 30.0 Å². The second-order valence-electron chi connectivity index (χ2n) is 7.10. The van der Waals surface area contributed by atoms with E-state index in [0.717, 1.165) is 12.6 Å². The van der Waals surface area contributed by atoms with Crippen molar-refractivity contribution in [3.05, 3.63) is 35.4 Å². The van der Waals surface area contributed by atoms with Gasteiger partial charge in [0.25, 0.3) is 0 Å². The third kappa shape index (κ3) is 5.92. The Balaban J connectivity index is 0.00000208. The number of benzene rings is 1. The number of aliphatic imine (C=N–C) groups is 1. The van der Waals surface area contributed by atoms with E-state index < -0.39 is 0 Å². The summed E-state index contributed by atoms with van der Waals surface area (Å²) in [6, 6.07) is 9.93. The zero-order chi connectivity index (χ0) is 16.1. The quantitative estimate of drug-likeness (QED) is 0.402. The van der Waals surface area contributed by atoms with Crippen LogP contribution >= 0.6 is 24.0 Å². The van der Waals surface area contributed by atoms with E-state index in [1.54, 1.807) is 0 Å². The molecule has 0 bridgehead atoms. The van der Waals surface area contributed by atoms with Gasteiger partial charge >= 0.3 is 0 Å². The van der Waals surface area contributed by atoms with Crippen molar-refractivity contribution in [1.29, 1.82) is 0 Å². The number of halogens is 1. The molecule has 3 rings (SSSR count). The number of hydrogen-bond acceptors (Lipinski definition) is 2. The van der Waals surface area contributed by atoms with Crippen LogP contribution in [0.3, 0.4) is 0 Å². The van der Waals surface area contributed by atoms with Crippen LogP contribution in [-0.2, 0) is 13.1 Å². The molecule has 1 aromatic carbocycles. The molecule has 0 unspecified atom stereocenters. The van der Waals surface area contributed by atoms with Gasteiger partial charge < -0.3 is 11.1 Å². The molecule has 4 nitrogen and oxygen atoms in total. The van der Waals surface area contributed by atoms with Gasteiger partial charge in [-0.25, -0.2) is 4.99 Å². The first kappa shape index (κ1) is 19.5. The highest BCUT2D eigenvalue weighted by atomic mass is 127. The first-order valence-electron chi connectivity index (χ1n) is 9.06. The lowest BCUT2D eigenvalue weighted by molar-refractivity contribution is 0.184. The lowest BCUT2D eigenvalue weighted by Crippen LogP contribution is -2.33. The molecular weight excluding hydrogens is 411 g/mol. The Morgan fingerprint density at radius 2 is 1.79 bits per heavy atom. The maximum Gasteiger partial charge on any atom is 0.189 e. The van der Waals surface area contributed by atoms with E-state index in [9.17, 15) is 0 Å². The lowest BCUT2D eigenvalue weighted by atomic mass is 9.94. The van der Waals surface area contributed by atoms with Gasteiger partial charge in [-0.3, -0.25) is 4.90 Å². The standard InChI is InChI=1S/C19H30N4.HI/c1-23(18-9-3-2-4-10-18)14-16-8-6-5-7-15(16)13-21-19(20)22-17-11-12-17;/h5-8,17-18H,2-4,9-14H2,1H3,(H3,20,21,22);1H. The normalized spacial score (nSPS) is 19.2. The Morgan fingerprint density at radius 3 is 2.46 bits per heavy atom. The summed E-state index contributed by atoms with van der Waals surface area (Å²) in [7, 11) is 2.26. The smallest absolute Gasteiger partial charge is 0.189 e. The molecule has 24 heavy (non-hydrogen) atoms. The monoisotopic (exact) mass is 442 g/mol. The minimum absolute atomic E-state index is 0. The summed E-state index contributed by atoms with van der Waals surface area (Å²) in [5.41, 5.74) is 8.63. The lowest BCUT2D eigenvalue weighted by Gasteiger charge is -2.31. The van der Waals surface area contributed by atoms with Gasteiger partial charge in [-0.1, -0.05) is 43.5 Å². The molecule has 1 aromatic rings. The molecule has 0 radical (unpaired) electrons. The van der Waals surface area contributed by atoms with E-state index in [0.29, 0.717) is 18.5 Å². The van der Waals surface area contributed by atoms with Crippen molar-refractivity contribution in [3.8, 4) is 0 Å². The molecule has 0 aliphatic heterocycles. The van der Waals surface area contributed by atoms with Gasteiger partial charge in [0.2, 0.25) is 0 Å². The Labute approximate surface area is 163 Å². The highest BCUT2D eigenvalue weighted by molar-refractivity contribution is 14.0. The molecule has 2 aliphatic carbocycles. The Morgan fingerprint density at radius 1 is 1.12 bits per heavy atom. The van der Waals surface area contributed by atoms with Crippen LogP contribution in [0, 0.1) is 0 Å². The number of rotatable bonds is 6. The predicted octanol–water partition coefficient (Wildman–Crippen LogP) is 3.64. The Hall–Kier alpha value is -0.820. The SMILES string of the molecule is CN(Cc1ccccc1CN=C(N)NC1CC1)C1CCCCC1.I. The average molecular weight is 442 g/mol. The maximum absolute atomic E-state index is 5.96. The Bertz CT molecular complexity index is 536. The van der Waals surface area contributed by atoms with Gasteiger partial charge in [0.05, 0.1) is 6.54 Å². The fraction of sp³-hybridized carbons (Fsp3) is 0.632. The fourth-order valence-electron chi connectivity index (χ4n) is 3.44. The number of guanidine groups is 1. The number of nitrogens with one attached hydrogen (secondary N) is 1. The summed E-state index contributed by atoms with van der Waals surface area (Å²) in [5, 5.41) is 3.25. The Kier molecular flexibility index (Phi) is 7.81. The van der Waals surface area contributed by atoms with Crippen LogP contribution in [0.4, 0.5) is 0 Å². The van der Waals surface area contributed by atoms with Crippen molar-refractivity contribution < 1.29 is 0 Å². The minimum Gasteiger partial charge on any atom is -0.370 e. The van der Waals surface area contributed by atoms with E-state index in [4.69, 9.17) is 5.73 Å². The first-order valence-corrected chi connectivity index (χ1v) is 9.06. The average Bonchev–Trinajstić information content (AvgIpc) is 3.39. The van der Waals surface area contributed by atoms with Crippen molar-refractivity contribution in [2.75, 3.05) is 7.05 Å². The number of nitrogens with zero attached hydrogens (tertiary/aromatic N) is 2. The third-order valence-corrected chi connectivity index (χ3v) is 5.09. The van der Waals surface area contributed by atoms with Crippen molar-refractivity contribution in [2.45, 2.75) is 70.1 Å². The zero-order valence-corrected chi connectivity index (χ0v) is 17.0. The van der Waals surface area contributed by atoms with Gasteiger partial charge in [0.1, 0.15) is 0 Å². The molecule has 0 aromatic heterocycles. The van der Waals surface area contributed by atoms with Crippen molar-refractivity contribution >= 4 is 29.9 Å². The van der Waals surface area contributed by atoms with Gasteiger partial charge in [-0.2, -0.15) is 0 Å². The largest absolute Gasteiger partial charge is 0.370 e. The summed E-state index contributed by atoms with van der Waals surface area (Å²) in [6.45, 7) is 1.67. The van der Waals surface area contributed by atoms with Crippen molar-refractivity contribution in [3.63, 3.8) is 0 Å². The van der Waals surface area contributed by atoms with E-state index in [-0.39, 0.29) is 24.0 Å². The molecule has 3 N–H and O–H groups in total. The molecule has 0 saturated heterocycles.